The number of rotatable bonds is 7. The van der Waals surface area contributed by atoms with Crippen LogP contribution in [0, 0.1) is 5.92 Å². The minimum Gasteiger partial charge on any atom is -0.311 e. The molecule has 0 rings (SSSR count). The maximum atomic E-state index is 11.9. The smallest absolute Gasteiger partial charge is 0.154 e. The first-order valence-corrected chi connectivity index (χ1v) is 7.80. The summed E-state index contributed by atoms with van der Waals surface area (Å²) in [6.45, 7) is 12.5. The molecule has 0 heterocycles. The van der Waals surface area contributed by atoms with Crippen molar-refractivity contribution in [3.63, 3.8) is 0 Å². The van der Waals surface area contributed by atoms with Crippen molar-refractivity contribution in [1.82, 2.24) is 5.32 Å². The molecule has 4 heteroatoms. The number of hydrogen-bond acceptors (Lipinski definition) is 3. The summed E-state index contributed by atoms with van der Waals surface area (Å²) in [5, 5.41) is 3.03. The second kappa shape index (κ2) is 6.01. The van der Waals surface area contributed by atoms with Crippen molar-refractivity contribution in [2.75, 3.05) is 12.3 Å². The van der Waals surface area contributed by atoms with Crippen molar-refractivity contribution in [2.24, 2.45) is 5.92 Å². The minimum atomic E-state index is -2.95. The second-order valence-corrected chi connectivity index (χ2v) is 7.96. The zero-order valence-electron chi connectivity index (χ0n) is 11.5. The second-order valence-electron chi connectivity index (χ2n) is 5.48. The van der Waals surface area contributed by atoms with Crippen LogP contribution in [0.25, 0.3) is 0 Å². The molecule has 0 radical (unpaired) electrons. The third-order valence-electron chi connectivity index (χ3n) is 3.38. The normalized spacial score (nSPS) is 15.4. The first-order chi connectivity index (χ1) is 7.12. The van der Waals surface area contributed by atoms with E-state index in [1.165, 1.54) is 0 Å². The lowest BCUT2D eigenvalue weighted by molar-refractivity contribution is 0.386. The molecule has 0 aliphatic carbocycles. The van der Waals surface area contributed by atoms with Crippen LogP contribution in [0.2, 0.25) is 0 Å². The van der Waals surface area contributed by atoms with Crippen LogP contribution >= 0.6 is 0 Å². The highest BCUT2D eigenvalue weighted by Gasteiger charge is 2.24. The third-order valence-corrected chi connectivity index (χ3v) is 5.83. The van der Waals surface area contributed by atoms with Gasteiger partial charge in [0.15, 0.2) is 9.84 Å². The maximum absolute atomic E-state index is 11.9. The minimum absolute atomic E-state index is 0.0244. The van der Waals surface area contributed by atoms with E-state index in [2.05, 4.69) is 26.1 Å². The number of nitrogens with one attached hydrogen (secondary N) is 1. The van der Waals surface area contributed by atoms with Gasteiger partial charge < -0.3 is 5.32 Å². The van der Waals surface area contributed by atoms with Gasteiger partial charge in [0.05, 0.1) is 11.0 Å². The molecule has 0 saturated carbocycles. The van der Waals surface area contributed by atoms with Crippen molar-refractivity contribution < 1.29 is 8.42 Å². The highest BCUT2D eigenvalue weighted by molar-refractivity contribution is 7.92. The van der Waals surface area contributed by atoms with Crippen LogP contribution < -0.4 is 5.32 Å². The van der Waals surface area contributed by atoms with E-state index in [0.717, 1.165) is 6.42 Å². The molecule has 0 saturated heterocycles. The van der Waals surface area contributed by atoms with Crippen LogP contribution in [0.4, 0.5) is 0 Å². The molecule has 1 atom stereocenters. The highest BCUT2D eigenvalue weighted by Crippen LogP contribution is 2.12. The zero-order chi connectivity index (χ0) is 13.0. The fourth-order valence-corrected chi connectivity index (χ4v) is 2.84. The summed E-state index contributed by atoms with van der Waals surface area (Å²) in [7, 11) is -2.95. The number of sulfone groups is 1. The van der Waals surface area contributed by atoms with E-state index in [1.54, 1.807) is 6.92 Å². The van der Waals surface area contributed by atoms with Gasteiger partial charge in [-0.2, -0.15) is 0 Å². The van der Waals surface area contributed by atoms with Gasteiger partial charge in [-0.15, -0.1) is 0 Å². The molecular weight excluding hydrogens is 222 g/mol. The quantitative estimate of drug-likeness (QED) is 0.752. The lowest BCUT2D eigenvalue weighted by Crippen LogP contribution is -2.42. The molecule has 0 amide bonds. The Bertz CT molecular complexity index is 294. The Hall–Kier alpha value is -0.0900. The summed E-state index contributed by atoms with van der Waals surface area (Å²) in [6.07, 6.45) is 0.993. The van der Waals surface area contributed by atoms with Crippen molar-refractivity contribution in [1.29, 1.82) is 0 Å². The van der Waals surface area contributed by atoms with E-state index in [0.29, 0.717) is 6.54 Å². The first kappa shape index (κ1) is 15.9. The molecular formula is C12H27NO2S. The monoisotopic (exact) mass is 249 g/mol. The molecule has 0 spiro atoms. The Balaban J connectivity index is 4.22. The Kier molecular flexibility index (Phi) is 5.98. The SMILES string of the molecule is CCC(C)(C)NCCS(=O)(=O)C(C)C(C)C. The van der Waals surface area contributed by atoms with Crippen LogP contribution in [-0.2, 0) is 9.84 Å². The van der Waals surface area contributed by atoms with Gasteiger partial charge in [-0.3, -0.25) is 0 Å². The standard InChI is InChI=1S/C12H27NO2S/c1-7-12(5,6)13-8-9-16(14,15)11(4)10(2)3/h10-11,13H,7-9H2,1-6H3. The predicted molar refractivity (Wildman–Crippen MR) is 70.5 cm³/mol. The molecule has 0 aromatic carbocycles. The van der Waals surface area contributed by atoms with E-state index in [4.69, 9.17) is 0 Å². The van der Waals surface area contributed by atoms with Gasteiger partial charge in [0, 0.05) is 12.1 Å². The van der Waals surface area contributed by atoms with Gasteiger partial charge in [-0.05, 0) is 33.1 Å². The van der Waals surface area contributed by atoms with E-state index >= 15 is 0 Å². The fourth-order valence-electron chi connectivity index (χ4n) is 1.26. The highest BCUT2D eigenvalue weighted by atomic mass is 32.2. The van der Waals surface area contributed by atoms with Gasteiger partial charge in [0.25, 0.3) is 0 Å². The summed E-state index contributed by atoms with van der Waals surface area (Å²) < 4.78 is 23.8. The van der Waals surface area contributed by atoms with E-state index in [1.807, 2.05) is 13.8 Å². The van der Waals surface area contributed by atoms with Gasteiger partial charge >= 0.3 is 0 Å². The summed E-state index contributed by atoms with van der Waals surface area (Å²) in [6, 6.07) is 0. The maximum Gasteiger partial charge on any atom is 0.154 e. The molecule has 98 valence electrons. The number of hydrogen-bond donors (Lipinski definition) is 1. The van der Waals surface area contributed by atoms with Crippen LogP contribution in [0.1, 0.15) is 48.0 Å². The predicted octanol–water partition coefficient (Wildman–Crippen LogP) is 2.22. The summed E-state index contributed by atoms with van der Waals surface area (Å²) >= 11 is 0. The average molecular weight is 249 g/mol. The third kappa shape index (κ3) is 5.30. The molecule has 3 nitrogen and oxygen atoms in total. The summed E-state index contributed by atoms with van der Waals surface area (Å²) in [4.78, 5) is 0. The molecule has 1 N–H and O–H groups in total. The van der Waals surface area contributed by atoms with Crippen LogP contribution in [0.3, 0.4) is 0 Å². The Morgan fingerprint density at radius 2 is 1.69 bits per heavy atom. The molecule has 0 fully saturated rings. The molecule has 16 heavy (non-hydrogen) atoms. The largest absolute Gasteiger partial charge is 0.311 e. The molecule has 0 aromatic rings. The van der Waals surface area contributed by atoms with E-state index in [9.17, 15) is 8.42 Å². The van der Waals surface area contributed by atoms with Crippen LogP contribution in [-0.4, -0.2) is 31.5 Å². The van der Waals surface area contributed by atoms with Gasteiger partial charge in [0.1, 0.15) is 0 Å². The summed E-state index contributed by atoms with van der Waals surface area (Å²) in [5.41, 5.74) is 0.0244. The molecule has 1 unspecified atom stereocenters. The van der Waals surface area contributed by atoms with Gasteiger partial charge in [-0.1, -0.05) is 20.8 Å². The van der Waals surface area contributed by atoms with Crippen molar-refractivity contribution >= 4 is 9.84 Å². The van der Waals surface area contributed by atoms with Crippen molar-refractivity contribution in [3.8, 4) is 0 Å². The average Bonchev–Trinajstić information content (AvgIpc) is 2.15. The molecule has 0 bridgehead atoms. The van der Waals surface area contributed by atoms with E-state index < -0.39 is 9.84 Å². The van der Waals surface area contributed by atoms with Crippen LogP contribution in [0.15, 0.2) is 0 Å². The first-order valence-electron chi connectivity index (χ1n) is 6.09. The molecule has 0 aromatic heterocycles. The van der Waals surface area contributed by atoms with Gasteiger partial charge in [-0.25, -0.2) is 8.42 Å². The van der Waals surface area contributed by atoms with Crippen molar-refractivity contribution in [3.05, 3.63) is 0 Å². The topological polar surface area (TPSA) is 46.2 Å². The lowest BCUT2D eigenvalue weighted by Gasteiger charge is -2.25. The zero-order valence-corrected chi connectivity index (χ0v) is 12.3. The van der Waals surface area contributed by atoms with Crippen molar-refractivity contribution in [2.45, 2.75) is 58.8 Å². The molecule has 0 aliphatic rings. The van der Waals surface area contributed by atoms with E-state index in [-0.39, 0.29) is 22.5 Å². The fraction of sp³-hybridized carbons (Fsp3) is 1.00. The Morgan fingerprint density at radius 3 is 2.06 bits per heavy atom. The van der Waals surface area contributed by atoms with Crippen LogP contribution in [0.5, 0.6) is 0 Å². The Morgan fingerprint density at radius 1 is 1.19 bits per heavy atom. The lowest BCUT2D eigenvalue weighted by atomic mass is 10.0. The summed E-state index contributed by atoms with van der Waals surface area (Å²) in [5.74, 6) is 0.416. The molecule has 0 aliphatic heterocycles. The Labute approximate surface area is 101 Å². The van der Waals surface area contributed by atoms with Gasteiger partial charge in [0.2, 0.25) is 0 Å².